The predicted octanol–water partition coefficient (Wildman–Crippen LogP) is 3.19. The van der Waals surface area contributed by atoms with Crippen LogP contribution in [0.2, 0.25) is 0 Å². The minimum absolute atomic E-state index is 0.115. The normalized spacial score (nSPS) is 14.7. The number of hydrogen-bond donors (Lipinski definition) is 1. The average molecular weight is 294 g/mol. The summed E-state index contributed by atoms with van der Waals surface area (Å²) in [7, 11) is 1.68. The molecule has 0 saturated heterocycles. The summed E-state index contributed by atoms with van der Waals surface area (Å²) < 4.78 is 19.4. The number of ether oxygens (including phenoxy) is 1. The van der Waals surface area contributed by atoms with Crippen molar-refractivity contribution in [3.63, 3.8) is 0 Å². The fourth-order valence-corrected chi connectivity index (χ4v) is 2.47. The molecule has 2 rings (SSSR count). The van der Waals surface area contributed by atoms with Gasteiger partial charge >= 0.3 is 0 Å². The number of nitrogens with zero attached hydrogens (tertiary/aromatic N) is 1. The molecule has 0 heterocycles. The van der Waals surface area contributed by atoms with Crippen molar-refractivity contribution >= 4 is 5.69 Å². The summed E-state index contributed by atoms with van der Waals surface area (Å²) in [4.78, 5) is 2.19. The molecule has 0 spiro atoms. The van der Waals surface area contributed by atoms with E-state index in [1.165, 1.54) is 12.8 Å². The van der Waals surface area contributed by atoms with Crippen LogP contribution in [0, 0.1) is 11.7 Å². The molecular weight excluding hydrogens is 267 g/mol. The number of methoxy groups -OCH3 is 1. The molecule has 0 bridgehead atoms. The third-order valence-corrected chi connectivity index (χ3v) is 3.91. The fourth-order valence-electron chi connectivity index (χ4n) is 2.47. The minimum Gasteiger partial charge on any atom is -0.383 e. The first-order valence-electron chi connectivity index (χ1n) is 7.86. The van der Waals surface area contributed by atoms with Gasteiger partial charge in [0.2, 0.25) is 0 Å². The lowest BCUT2D eigenvalue weighted by molar-refractivity contribution is 0.199. The summed E-state index contributed by atoms with van der Waals surface area (Å²) in [6.07, 6.45) is 2.57. The first-order valence-corrected chi connectivity index (χ1v) is 7.86. The molecule has 0 unspecified atom stereocenters. The van der Waals surface area contributed by atoms with Gasteiger partial charge in [0, 0.05) is 32.8 Å². The van der Waals surface area contributed by atoms with Gasteiger partial charge in [-0.1, -0.05) is 6.07 Å². The van der Waals surface area contributed by atoms with Crippen LogP contribution in [0.5, 0.6) is 0 Å². The van der Waals surface area contributed by atoms with E-state index in [9.17, 15) is 4.39 Å². The summed E-state index contributed by atoms with van der Waals surface area (Å²) in [6, 6.07) is 5.91. The largest absolute Gasteiger partial charge is 0.383 e. The maximum Gasteiger partial charge on any atom is 0.146 e. The van der Waals surface area contributed by atoms with Gasteiger partial charge in [0.15, 0.2) is 0 Å². The Kier molecular flexibility index (Phi) is 6.00. The Morgan fingerprint density at radius 1 is 1.38 bits per heavy atom. The third-order valence-electron chi connectivity index (χ3n) is 3.91. The van der Waals surface area contributed by atoms with Crippen LogP contribution in [0.3, 0.4) is 0 Å². The van der Waals surface area contributed by atoms with Crippen LogP contribution in [0.25, 0.3) is 0 Å². The van der Waals surface area contributed by atoms with Crippen LogP contribution >= 0.6 is 0 Å². The SMILES string of the molecule is COCCNCc1ccc(N(CC2CC2)C(C)C)c(F)c1. The molecule has 21 heavy (non-hydrogen) atoms. The van der Waals surface area contributed by atoms with Crippen molar-refractivity contribution in [3.8, 4) is 0 Å². The summed E-state index contributed by atoms with van der Waals surface area (Å²) in [5.74, 6) is 0.637. The standard InChI is InChI=1S/C17H27FN2O/c1-13(2)20(12-14-4-5-14)17-7-6-15(10-16(17)18)11-19-8-9-21-3/h6-7,10,13-14,19H,4-5,8-9,11-12H2,1-3H3. The highest BCUT2D eigenvalue weighted by Crippen LogP contribution is 2.33. The van der Waals surface area contributed by atoms with Crippen molar-refractivity contribution in [1.29, 1.82) is 0 Å². The lowest BCUT2D eigenvalue weighted by atomic mass is 10.1. The highest BCUT2D eigenvalue weighted by molar-refractivity contribution is 5.50. The molecule has 1 N–H and O–H groups in total. The number of rotatable bonds is 9. The molecule has 0 atom stereocenters. The molecule has 0 radical (unpaired) electrons. The molecule has 118 valence electrons. The van der Waals surface area contributed by atoms with E-state index in [0.717, 1.165) is 30.3 Å². The van der Waals surface area contributed by atoms with Gasteiger partial charge in [-0.3, -0.25) is 0 Å². The second kappa shape index (κ2) is 7.76. The van der Waals surface area contributed by atoms with Crippen LogP contribution in [0.15, 0.2) is 18.2 Å². The number of halogens is 1. The predicted molar refractivity (Wildman–Crippen MR) is 85.2 cm³/mol. The Balaban J connectivity index is 1.99. The van der Waals surface area contributed by atoms with Crippen molar-refractivity contribution in [1.82, 2.24) is 5.32 Å². The van der Waals surface area contributed by atoms with Crippen LogP contribution in [-0.4, -0.2) is 32.8 Å². The van der Waals surface area contributed by atoms with E-state index in [4.69, 9.17) is 4.74 Å². The maximum atomic E-state index is 14.4. The number of anilines is 1. The lowest BCUT2D eigenvalue weighted by Gasteiger charge is -2.29. The summed E-state index contributed by atoms with van der Waals surface area (Å²) in [6.45, 7) is 7.34. The Morgan fingerprint density at radius 3 is 2.71 bits per heavy atom. The molecule has 1 aromatic carbocycles. The zero-order valence-electron chi connectivity index (χ0n) is 13.4. The molecule has 0 amide bonds. The van der Waals surface area contributed by atoms with Gasteiger partial charge < -0.3 is 15.0 Å². The Labute approximate surface area is 127 Å². The van der Waals surface area contributed by atoms with Crippen LogP contribution < -0.4 is 10.2 Å². The van der Waals surface area contributed by atoms with Gasteiger partial charge in [-0.2, -0.15) is 0 Å². The first kappa shape index (κ1) is 16.2. The highest BCUT2D eigenvalue weighted by Gasteiger charge is 2.26. The number of hydrogen-bond acceptors (Lipinski definition) is 3. The third kappa shape index (κ3) is 4.97. The maximum absolute atomic E-state index is 14.4. The lowest BCUT2D eigenvalue weighted by Crippen LogP contribution is -2.33. The topological polar surface area (TPSA) is 24.5 Å². The molecular formula is C17H27FN2O. The van der Waals surface area contributed by atoms with E-state index in [-0.39, 0.29) is 5.82 Å². The summed E-state index contributed by atoms with van der Waals surface area (Å²) in [5.41, 5.74) is 1.71. The second-order valence-electron chi connectivity index (χ2n) is 6.14. The van der Waals surface area contributed by atoms with Gasteiger partial charge in [-0.15, -0.1) is 0 Å². The van der Waals surface area contributed by atoms with E-state index in [1.54, 1.807) is 13.2 Å². The van der Waals surface area contributed by atoms with E-state index in [1.807, 2.05) is 12.1 Å². The van der Waals surface area contributed by atoms with E-state index < -0.39 is 0 Å². The molecule has 1 aromatic rings. The number of nitrogens with one attached hydrogen (secondary N) is 1. The van der Waals surface area contributed by atoms with Crippen molar-refractivity contribution in [2.45, 2.75) is 39.3 Å². The second-order valence-corrected chi connectivity index (χ2v) is 6.14. The number of benzene rings is 1. The Bertz CT molecular complexity index is 446. The first-order chi connectivity index (χ1) is 10.1. The molecule has 3 nitrogen and oxygen atoms in total. The zero-order valence-corrected chi connectivity index (χ0v) is 13.4. The fraction of sp³-hybridized carbons (Fsp3) is 0.647. The molecule has 0 aliphatic heterocycles. The Morgan fingerprint density at radius 2 is 2.14 bits per heavy atom. The molecule has 1 aliphatic carbocycles. The van der Waals surface area contributed by atoms with Gasteiger partial charge in [0.05, 0.1) is 12.3 Å². The quantitative estimate of drug-likeness (QED) is 0.708. The molecule has 4 heteroatoms. The van der Waals surface area contributed by atoms with Crippen LogP contribution in [-0.2, 0) is 11.3 Å². The smallest absolute Gasteiger partial charge is 0.146 e. The van der Waals surface area contributed by atoms with Crippen LogP contribution in [0.4, 0.5) is 10.1 Å². The highest BCUT2D eigenvalue weighted by atomic mass is 19.1. The van der Waals surface area contributed by atoms with Crippen molar-refractivity contribution in [2.24, 2.45) is 5.92 Å². The minimum atomic E-state index is -0.115. The van der Waals surface area contributed by atoms with E-state index in [2.05, 4.69) is 24.1 Å². The van der Waals surface area contributed by atoms with Gasteiger partial charge in [0.25, 0.3) is 0 Å². The summed E-state index contributed by atoms with van der Waals surface area (Å²) >= 11 is 0. The monoisotopic (exact) mass is 294 g/mol. The van der Waals surface area contributed by atoms with Crippen LogP contribution in [0.1, 0.15) is 32.3 Å². The van der Waals surface area contributed by atoms with Crippen molar-refractivity contribution < 1.29 is 9.13 Å². The summed E-state index contributed by atoms with van der Waals surface area (Å²) in [5, 5.41) is 3.24. The van der Waals surface area contributed by atoms with Gasteiger partial charge in [-0.05, 0) is 50.3 Å². The molecule has 1 saturated carbocycles. The molecule has 0 aromatic heterocycles. The average Bonchev–Trinajstić information content (AvgIpc) is 3.25. The van der Waals surface area contributed by atoms with Crippen molar-refractivity contribution in [3.05, 3.63) is 29.6 Å². The molecule has 1 aliphatic rings. The van der Waals surface area contributed by atoms with Gasteiger partial charge in [-0.25, -0.2) is 4.39 Å². The van der Waals surface area contributed by atoms with Crippen molar-refractivity contribution in [2.75, 3.05) is 31.7 Å². The zero-order chi connectivity index (χ0) is 15.2. The van der Waals surface area contributed by atoms with Gasteiger partial charge in [0.1, 0.15) is 5.82 Å². The molecule has 1 fully saturated rings. The van der Waals surface area contributed by atoms with E-state index in [0.29, 0.717) is 19.2 Å². The Hall–Kier alpha value is -1.13. The van der Waals surface area contributed by atoms with E-state index >= 15 is 0 Å².